The molecule has 2 aromatic rings. The summed E-state index contributed by atoms with van der Waals surface area (Å²) < 4.78 is 39.0. The van der Waals surface area contributed by atoms with Crippen LogP contribution in [0.4, 0.5) is 0 Å². The maximum absolute atomic E-state index is 11.0. The van der Waals surface area contributed by atoms with Gasteiger partial charge in [0.2, 0.25) is 0 Å². The first-order valence-corrected chi connectivity index (χ1v) is 11.7. The Morgan fingerprint density at radius 1 is 0.793 bits per heavy atom. The van der Waals surface area contributed by atoms with Crippen LogP contribution in [-0.2, 0) is 16.5 Å². The monoisotopic (exact) mass is 426 g/mol. The average Bonchev–Trinajstić information content (AvgIpc) is 2.67. The molecule has 6 heteroatoms. The van der Waals surface area contributed by atoms with Crippen molar-refractivity contribution in [3.8, 4) is 11.5 Å². The molecular formula is C23H31NaO4S. The van der Waals surface area contributed by atoms with Crippen molar-refractivity contribution < 1.29 is 47.3 Å². The Balaban J connectivity index is 0.00000420. The third-order valence-electron chi connectivity index (χ3n) is 4.86. The predicted molar refractivity (Wildman–Crippen MR) is 112 cm³/mol. The van der Waals surface area contributed by atoms with Crippen LogP contribution in [0.1, 0.15) is 70.3 Å². The second kappa shape index (κ2) is 14.2. The number of rotatable bonds is 13. The third kappa shape index (κ3) is 10.1. The van der Waals surface area contributed by atoms with E-state index < -0.39 is 10.1 Å². The number of hydrogen-bond acceptors (Lipinski definition) is 4. The Morgan fingerprint density at radius 2 is 1.34 bits per heavy atom. The fourth-order valence-corrected chi connectivity index (χ4v) is 3.71. The molecule has 0 spiro atoms. The molecule has 0 bridgehead atoms. The predicted octanol–water partition coefficient (Wildman–Crippen LogP) is 3.46. The zero-order valence-corrected chi connectivity index (χ0v) is 20.5. The minimum atomic E-state index is -4.43. The second-order valence-electron chi connectivity index (χ2n) is 7.21. The van der Waals surface area contributed by atoms with Crippen molar-refractivity contribution in [2.45, 2.75) is 76.0 Å². The first-order valence-electron chi connectivity index (χ1n) is 10.3. The van der Waals surface area contributed by atoms with Crippen LogP contribution < -0.4 is 34.3 Å². The van der Waals surface area contributed by atoms with E-state index >= 15 is 0 Å². The number of unbranched alkanes of at least 4 members (excludes halogenated alkanes) is 8. The standard InChI is InChI=1S/C23H32O4S.Na/c1-2-3-4-5-6-7-8-9-10-13-20-14-11-12-15-23(20)27-21-16-18-22(19-17-21)28(24,25)26;/h11-12,14-19H,2-10,13H2,1H3,(H,24,25,26);/q;+1/p-1. The summed E-state index contributed by atoms with van der Waals surface area (Å²) in [6.07, 6.45) is 12.6. The largest absolute Gasteiger partial charge is 1.00 e. The van der Waals surface area contributed by atoms with E-state index in [9.17, 15) is 13.0 Å². The van der Waals surface area contributed by atoms with E-state index in [4.69, 9.17) is 4.74 Å². The summed E-state index contributed by atoms with van der Waals surface area (Å²) in [6.45, 7) is 2.24. The van der Waals surface area contributed by atoms with E-state index in [0.29, 0.717) is 5.75 Å². The number of hydrogen-bond donors (Lipinski definition) is 0. The molecule has 0 atom stereocenters. The normalized spacial score (nSPS) is 11.1. The Kier molecular flexibility index (Phi) is 12.8. The minimum Gasteiger partial charge on any atom is -0.744 e. The molecule has 0 aliphatic heterocycles. The van der Waals surface area contributed by atoms with Gasteiger partial charge in [-0.15, -0.1) is 0 Å². The van der Waals surface area contributed by atoms with Crippen molar-refractivity contribution >= 4 is 10.1 Å². The molecule has 2 aromatic carbocycles. The van der Waals surface area contributed by atoms with Crippen LogP contribution in [0.25, 0.3) is 0 Å². The van der Waals surface area contributed by atoms with E-state index in [-0.39, 0.29) is 34.5 Å². The van der Waals surface area contributed by atoms with Gasteiger partial charge in [0.1, 0.15) is 21.6 Å². The molecule has 154 valence electrons. The van der Waals surface area contributed by atoms with Gasteiger partial charge < -0.3 is 9.29 Å². The van der Waals surface area contributed by atoms with E-state index in [0.717, 1.165) is 24.2 Å². The molecule has 2 rings (SSSR count). The number of ether oxygens (including phenoxy) is 1. The van der Waals surface area contributed by atoms with Gasteiger partial charge in [-0.3, -0.25) is 0 Å². The fraction of sp³-hybridized carbons (Fsp3) is 0.478. The van der Waals surface area contributed by atoms with Crippen LogP contribution >= 0.6 is 0 Å². The first kappa shape index (κ1) is 26.2. The van der Waals surface area contributed by atoms with Gasteiger partial charge in [0, 0.05) is 0 Å². The topological polar surface area (TPSA) is 66.4 Å². The molecule has 0 heterocycles. The van der Waals surface area contributed by atoms with Crippen LogP contribution in [0.5, 0.6) is 11.5 Å². The van der Waals surface area contributed by atoms with Gasteiger partial charge in [-0.25, -0.2) is 8.42 Å². The smallest absolute Gasteiger partial charge is 0.744 e. The molecule has 0 aliphatic carbocycles. The van der Waals surface area contributed by atoms with E-state index in [1.807, 2.05) is 18.2 Å². The summed E-state index contributed by atoms with van der Waals surface area (Å²) in [7, 11) is -4.43. The number of aryl methyl sites for hydroxylation is 1. The van der Waals surface area contributed by atoms with Crippen LogP contribution in [0.2, 0.25) is 0 Å². The third-order valence-corrected chi connectivity index (χ3v) is 5.71. The Morgan fingerprint density at radius 3 is 1.93 bits per heavy atom. The van der Waals surface area contributed by atoms with Gasteiger partial charge in [-0.05, 0) is 48.7 Å². The molecule has 0 fully saturated rings. The van der Waals surface area contributed by atoms with Crippen molar-refractivity contribution in [2.75, 3.05) is 0 Å². The quantitative estimate of drug-likeness (QED) is 0.279. The summed E-state index contributed by atoms with van der Waals surface area (Å²) in [4.78, 5) is -0.247. The summed E-state index contributed by atoms with van der Waals surface area (Å²) in [5, 5.41) is 0. The number of para-hydroxylation sites is 1. The molecule has 0 saturated heterocycles. The molecule has 0 radical (unpaired) electrons. The van der Waals surface area contributed by atoms with Crippen molar-refractivity contribution in [1.29, 1.82) is 0 Å². The van der Waals surface area contributed by atoms with Crippen molar-refractivity contribution in [3.05, 3.63) is 54.1 Å². The molecule has 0 aliphatic rings. The zero-order chi connectivity index (χ0) is 20.2. The Labute approximate surface area is 198 Å². The van der Waals surface area contributed by atoms with Crippen molar-refractivity contribution in [3.63, 3.8) is 0 Å². The average molecular weight is 427 g/mol. The van der Waals surface area contributed by atoms with Gasteiger partial charge in [-0.2, -0.15) is 0 Å². The van der Waals surface area contributed by atoms with Gasteiger partial charge >= 0.3 is 29.6 Å². The number of benzene rings is 2. The fourth-order valence-electron chi connectivity index (χ4n) is 3.24. The van der Waals surface area contributed by atoms with Gasteiger partial charge in [0.05, 0.1) is 4.90 Å². The van der Waals surface area contributed by atoms with Gasteiger partial charge in [0.25, 0.3) is 0 Å². The SMILES string of the molecule is CCCCCCCCCCCc1ccccc1Oc1ccc(S(=O)(=O)[O-])cc1.[Na+]. The summed E-state index contributed by atoms with van der Waals surface area (Å²) in [5.74, 6) is 1.30. The Bertz CT molecular complexity index is 804. The maximum Gasteiger partial charge on any atom is 1.00 e. The Hall–Kier alpha value is -0.850. The second-order valence-corrected chi connectivity index (χ2v) is 8.59. The summed E-state index contributed by atoms with van der Waals surface area (Å²) in [6, 6.07) is 13.5. The van der Waals surface area contributed by atoms with E-state index in [1.54, 1.807) is 0 Å². The molecule has 0 aromatic heterocycles. The molecule has 0 amide bonds. The summed E-state index contributed by atoms with van der Waals surface area (Å²) >= 11 is 0. The molecule has 4 nitrogen and oxygen atoms in total. The molecule has 0 saturated carbocycles. The minimum absolute atomic E-state index is 0. The van der Waals surface area contributed by atoms with Crippen LogP contribution in [0.15, 0.2) is 53.4 Å². The molecule has 0 unspecified atom stereocenters. The molecule has 29 heavy (non-hydrogen) atoms. The zero-order valence-electron chi connectivity index (χ0n) is 17.7. The van der Waals surface area contributed by atoms with E-state index in [1.165, 1.54) is 75.6 Å². The van der Waals surface area contributed by atoms with Gasteiger partial charge in [0.15, 0.2) is 0 Å². The van der Waals surface area contributed by atoms with Crippen LogP contribution in [0.3, 0.4) is 0 Å². The first-order chi connectivity index (χ1) is 13.5. The van der Waals surface area contributed by atoms with Crippen LogP contribution in [0, 0.1) is 0 Å². The van der Waals surface area contributed by atoms with Crippen molar-refractivity contribution in [2.24, 2.45) is 0 Å². The molecular weight excluding hydrogens is 395 g/mol. The molecule has 0 N–H and O–H groups in total. The summed E-state index contributed by atoms with van der Waals surface area (Å²) in [5.41, 5.74) is 1.14. The van der Waals surface area contributed by atoms with Crippen molar-refractivity contribution in [1.82, 2.24) is 0 Å². The van der Waals surface area contributed by atoms with Gasteiger partial charge in [-0.1, -0.05) is 76.5 Å². The maximum atomic E-state index is 11.0. The van der Waals surface area contributed by atoms with E-state index in [2.05, 4.69) is 13.0 Å². The van der Waals surface area contributed by atoms with Crippen LogP contribution in [-0.4, -0.2) is 13.0 Å².